The summed E-state index contributed by atoms with van der Waals surface area (Å²) in [6, 6.07) is 7.51. The van der Waals surface area contributed by atoms with E-state index in [0.29, 0.717) is 11.6 Å². The van der Waals surface area contributed by atoms with Crippen molar-refractivity contribution in [3.05, 3.63) is 46.5 Å². The molecule has 0 saturated carbocycles. The van der Waals surface area contributed by atoms with Gasteiger partial charge in [-0.15, -0.1) is 12.4 Å². The molecule has 2 N–H and O–H groups in total. The summed E-state index contributed by atoms with van der Waals surface area (Å²) in [5.74, 6) is 0.00466. The lowest BCUT2D eigenvalue weighted by molar-refractivity contribution is -0.125. The summed E-state index contributed by atoms with van der Waals surface area (Å²) in [5.41, 5.74) is 1.51. The maximum Gasteiger partial charge on any atom is 0.230 e. The molecule has 0 aromatic heterocycles. The highest BCUT2D eigenvalue weighted by molar-refractivity contribution is 6.31. The Bertz CT molecular complexity index is 527. The molecule has 0 atom stereocenters. The molecule has 0 spiro atoms. The number of amides is 1. The van der Waals surface area contributed by atoms with Crippen molar-refractivity contribution < 1.29 is 4.79 Å². The summed E-state index contributed by atoms with van der Waals surface area (Å²) in [4.78, 5) is 12.4. The van der Waals surface area contributed by atoms with E-state index in [1.807, 2.05) is 38.1 Å². The molecule has 3 nitrogen and oxygen atoms in total. The molecule has 0 bridgehead atoms. The Labute approximate surface area is 137 Å². The maximum atomic E-state index is 12.4. The standard InChI is InChI=1S/C16H21ClN2O.ClH/c1-16(2,13-5-3-4-6-14(13)17)15(20)19-11-12-7-9-18-10-8-12;/h3-7,18H,8-11H2,1-2H3,(H,19,20);1H. The third kappa shape index (κ3) is 4.47. The molecular weight excluding hydrogens is 307 g/mol. The second-order valence-corrected chi connectivity index (χ2v) is 6.01. The number of carbonyl (C=O) groups excluding carboxylic acids is 1. The molecule has 0 radical (unpaired) electrons. The van der Waals surface area contributed by atoms with E-state index in [9.17, 15) is 4.79 Å². The van der Waals surface area contributed by atoms with Crippen LogP contribution in [0.2, 0.25) is 5.02 Å². The Hall–Kier alpha value is -1.03. The minimum Gasteiger partial charge on any atom is -0.352 e. The van der Waals surface area contributed by atoms with Crippen molar-refractivity contribution in [2.24, 2.45) is 0 Å². The van der Waals surface area contributed by atoms with E-state index in [1.165, 1.54) is 5.57 Å². The van der Waals surface area contributed by atoms with Gasteiger partial charge in [0.1, 0.15) is 0 Å². The van der Waals surface area contributed by atoms with Gasteiger partial charge in [0.15, 0.2) is 0 Å². The minimum atomic E-state index is -0.633. The zero-order chi connectivity index (χ0) is 14.6. The van der Waals surface area contributed by atoms with Crippen LogP contribution in [0.1, 0.15) is 25.8 Å². The van der Waals surface area contributed by atoms with Crippen molar-refractivity contribution >= 4 is 29.9 Å². The Morgan fingerprint density at radius 1 is 1.38 bits per heavy atom. The number of benzene rings is 1. The lowest BCUT2D eigenvalue weighted by Gasteiger charge is -2.26. The van der Waals surface area contributed by atoms with Gasteiger partial charge >= 0.3 is 0 Å². The molecule has 1 amide bonds. The molecule has 21 heavy (non-hydrogen) atoms. The number of hydrogen-bond donors (Lipinski definition) is 2. The fraction of sp³-hybridized carbons (Fsp3) is 0.438. The molecule has 5 heteroatoms. The lowest BCUT2D eigenvalue weighted by atomic mass is 9.83. The molecule has 0 saturated heterocycles. The van der Waals surface area contributed by atoms with E-state index in [4.69, 9.17) is 11.6 Å². The number of hydrogen-bond acceptors (Lipinski definition) is 2. The van der Waals surface area contributed by atoms with Gasteiger partial charge in [0, 0.05) is 18.1 Å². The first-order chi connectivity index (χ1) is 9.51. The molecule has 1 aliphatic heterocycles. The third-order valence-electron chi connectivity index (χ3n) is 3.75. The van der Waals surface area contributed by atoms with Crippen LogP contribution in [0.25, 0.3) is 0 Å². The van der Waals surface area contributed by atoms with Crippen LogP contribution in [0.5, 0.6) is 0 Å². The number of carbonyl (C=O) groups is 1. The van der Waals surface area contributed by atoms with Gasteiger partial charge in [-0.1, -0.05) is 41.4 Å². The fourth-order valence-corrected chi connectivity index (χ4v) is 2.71. The van der Waals surface area contributed by atoms with E-state index in [-0.39, 0.29) is 18.3 Å². The summed E-state index contributed by atoms with van der Waals surface area (Å²) in [6.45, 7) is 6.30. The average molecular weight is 329 g/mol. The number of rotatable bonds is 4. The zero-order valence-electron chi connectivity index (χ0n) is 12.4. The van der Waals surface area contributed by atoms with Gasteiger partial charge in [-0.25, -0.2) is 0 Å². The summed E-state index contributed by atoms with van der Waals surface area (Å²) >= 11 is 6.20. The third-order valence-corrected chi connectivity index (χ3v) is 4.08. The predicted molar refractivity (Wildman–Crippen MR) is 90.3 cm³/mol. The summed E-state index contributed by atoms with van der Waals surface area (Å²) in [5, 5.41) is 6.92. The van der Waals surface area contributed by atoms with Gasteiger partial charge in [-0.05, 0) is 38.4 Å². The van der Waals surface area contributed by atoms with Crippen molar-refractivity contribution in [2.75, 3.05) is 19.6 Å². The van der Waals surface area contributed by atoms with Crippen LogP contribution < -0.4 is 10.6 Å². The van der Waals surface area contributed by atoms with Gasteiger partial charge < -0.3 is 10.6 Å². The highest BCUT2D eigenvalue weighted by atomic mass is 35.5. The van der Waals surface area contributed by atoms with Gasteiger partial charge in [0.25, 0.3) is 0 Å². The highest BCUT2D eigenvalue weighted by Crippen LogP contribution is 2.29. The van der Waals surface area contributed by atoms with Gasteiger partial charge in [0.05, 0.1) is 5.41 Å². The second-order valence-electron chi connectivity index (χ2n) is 5.60. The summed E-state index contributed by atoms with van der Waals surface area (Å²) in [7, 11) is 0. The van der Waals surface area contributed by atoms with Gasteiger partial charge in [-0.3, -0.25) is 4.79 Å². The van der Waals surface area contributed by atoms with E-state index >= 15 is 0 Å². The quantitative estimate of drug-likeness (QED) is 0.834. The molecule has 116 valence electrons. The molecule has 0 aliphatic carbocycles. The van der Waals surface area contributed by atoms with Crippen molar-refractivity contribution in [2.45, 2.75) is 25.7 Å². The minimum absolute atomic E-state index is 0. The molecule has 0 unspecified atom stereocenters. The SMILES string of the molecule is CC(C)(C(=O)NCC1=CCNCC1)c1ccccc1Cl.Cl. The van der Waals surface area contributed by atoms with Crippen LogP contribution in [0, 0.1) is 0 Å². The Morgan fingerprint density at radius 3 is 2.71 bits per heavy atom. The molecule has 1 aromatic carbocycles. The normalized spacial score (nSPS) is 14.9. The van der Waals surface area contributed by atoms with Crippen molar-refractivity contribution in [3.63, 3.8) is 0 Å². The monoisotopic (exact) mass is 328 g/mol. The molecule has 0 fully saturated rings. The topological polar surface area (TPSA) is 41.1 Å². The van der Waals surface area contributed by atoms with Crippen LogP contribution >= 0.6 is 24.0 Å². The first-order valence-corrected chi connectivity index (χ1v) is 7.31. The fourth-order valence-electron chi connectivity index (χ4n) is 2.34. The summed E-state index contributed by atoms with van der Waals surface area (Å²) < 4.78 is 0. The van der Waals surface area contributed by atoms with Gasteiger partial charge in [0.2, 0.25) is 5.91 Å². The second kappa shape index (κ2) is 7.83. The molecule has 1 heterocycles. The van der Waals surface area contributed by atoms with Crippen LogP contribution in [0.15, 0.2) is 35.9 Å². The van der Waals surface area contributed by atoms with Crippen LogP contribution in [-0.4, -0.2) is 25.5 Å². The number of nitrogens with one attached hydrogen (secondary N) is 2. The molecule has 1 aromatic rings. The van der Waals surface area contributed by atoms with E-state index < -0.39 is 5.41 Å². The van der Waals surface area contributed by atoms with Crippen LogP contribution in [0.4, 0.5) is 0 Å². The Kier molecular flexibility index (Phi) is 6.72. The zero-order valence-corrected chi connectivity index (χ0v) is 14.0. The van der Waals surface area contributed by atoms with E-state index in [0.717, 1.165) is 25.1 Å². The number of halogens is 2. The summed E-state index contributed by atoms with van der Waals surface area (Å²) in [6.07, 6.45) is 3.14. The van der Waals surface area contributed by atoms with E-state index in [1.54, 1.807) is 0 Å². The van der Waals surface area contributed by atoms with Crippen LogP contribution in [0.3, 0.4) is 0 Å². The van der Waals surface area contributed by atoms with E-state index in [2.05, 4.69) is 16.7 Å². The van der Waals surface area contributed by atoms with Crippen molar-refractivity contribution in [1.29, 1.82) is 0 Å². The molecular formula is C16H22Cl2N2O. The maximum absolute atomic E-state index is 12.4. The van der Waals surface area contributed by atoms with Crippen molar-refractivity contribution in [3.8, 4) is 0 Å². The largest absolute Gasteiger partial charge is 0.352 e. The Morgan fingerprint density at radius 2 is 2.10 bits per heavy atom. The molecule has 2 rings (SSSR count). The van der Waals surface area contributed by atoms with Crippen molar-refractivity contribution in [1.82, 2.24) is 10.6 Å². The van der Waals surface area contributed by atoms with Gasteiger partial charge in [-0.2, -0.15) is 0 Å². The predicted octanol–water partition coefficient (Wildman–Crippen LogP) is 3.08. The highest BCUT2D eigenvalue weighted by Gasteiger charge is 2.31. The molecule has 1 aliphatic rings. The first kappa shape index (κ1) is 18.0. The Balaban J connectivity index is 0.00000220. The van der Waals surface area contributed by atoms with Crippen LogP contribution in [-0.2, 0) is 10.2 Å². The average Bonchev–Trinajstić information content (AvgIpc) is 2.46. The first-order valence-electron chi connectivity index (χ1n) is 6.94. The smallest absolute Gasteiger partial charge is 0.230 e. The lowest BCUT2D eigenvalue weighted by Crippen LogP contribution is -2.41.